The van der Waals surface area contributed by atoms with Crippen LogP contribution in [0.25, 0.3) is 11.0 Å². The Morgan fingerprint density at radius 2 is 1.72 bits per heavy atom. The molecule has 0 unspecified atom stereocenters. The van der Waals surface area contributed by atoms with Gasteiger partial charge in [-0.3, -0.25) is 9.59 Å². The second-order valence-electron chi connectivity index (χ2n) is 7.45. The maximum Gasteiger partial charge on any atom is 0.202 e. The van der Waals surface area contributed by atoms with Crippen LogP contribution in [0.2, 0.25) is 0 Å². The molecule has 0 atom stereocenters. The molecule has 0 N–H and O–H groups in total. The van der Waals surface area contributed by atoms with Crippen LogP contribution in [0.15, 0.2) is 71.7 Å². The molecule has 2 aromatic carbocycles. The summed E-state index contributed by atoms with van der Waals surface area (Å²) in [7, 11) is 0. The molecule has 0 aliphatic carbocycles. The van der Waals surface area contributed by atoms with Crippen molar-refractivity contribution in [2.45, 2.75) is 27.3 Å². The highest BCUT2D eigenvalue weighted by Crippen LogP contribution is 2.18. The summed E-state index contributed by atoms with van der Waals surface area (Å²) in [5, 5.41) is 0.460. The Morgan fingerprint density at radius 1 is 0.966 bits per heavy atom. The number of aryl methyl sites for hydroxylation is 3. The van der Waals surface area contributed by atoms with Crippen LogP contribution in [-0.4, -0.2) is 15.3 Å². The van der Waals surface area contributed by atoms with Gasteiger partial charge >= 0.3 is 0 Å². The Labute approximate surface area is 169 Å². The van der Waals surface area contributed by atoms with Crippen molar-refractivity contribution >= 4 is 16.8 Å². The summed E-state index contributed by atoms with van der Waals surface area (Å²) in [5.41, 5.74) is 5.31. The van der Waals surface area contributed by atoms with Crippen molar-refractivity contribution in [3.05, 3.63) is 111 Å². The normalized spacial score (nSPS) is 11.0. The van der Waals surface area contributed by atoms with Crippen LogP contribution < -0.4 is 5.43 Å². The van der Waals surface area contributed by atoms with Gasteiger partial charge in [-0.1, -0.05) is 54.1 Å². The minimum Gasteiger partial charge on any atom is -0.327 e. The van der Waals surface area contributed by atoms with Crippen molar-refractivity contribution in [2.24, 2.45) is 0 Å². The monoisotopic (exact) mass is 382 g/mol. The zero-order valence-corrected chi connectivity index (χ0v) is 16.8. The molecule has 2 aromatic heterocycles. The average Bonchev–Trinajstić information content (AvgIpc) is 2.72. The smallest absolute Gasteiger partial charge is 0.202 e. The van der Waals surface area contributed by atoms with Crippen LogP contribution in [-0.2, 0) is 6.54 Å². The molecule has 144 valence electrons. The SMILES string of the molecule is Cc1ccc(Cn2cc(C(=O)c3ccccc3)c(=O)c3ccc(C)nc32)c(C)c1. The molecule has 4 rings (SSSR count). The fourth-order valence-electron chi connectivity index (χ4n) is 3.59. The molecule has 2 heterocycles. The van der Waals surface area contributed by atoms with E-state index < -0.39 is 0 Å². The van der Waals surface area contributed by atoms with E-state index in [4.69, 9.17) is 0 Å². The maximum atomic E-state index is 13.1. The van der Waals surface area contributed by atoms with Gasteiger partial charge in [0.15, 0.2) is 5.78 Å². The van der Waals surface area contributed by atoms with Crippen LogP contribution in [0.5, 0.6) is 0 Å². The molecule has 4 nitrogen and oxygen atoms in total. The van der Waals surface area contributed by atoms with Crippen molar-refractivity contribution in [1.82, 2.24) is 9.55 Å². The predicted molar refractivity (Wildman–Crippen MR) is 116 cm³/mol. The van der Waals surface area contributed by atoms with E-state index in [-0.39, 0.29) is 16.8 Å². The minimum atomic E-state index is -0.279. The van der Waals surface area contributed by atoms with Gasteiger partial charge in [-0.25, -0.2) is 4.98 Å². The van der Waals surface area contributed by atoms with Crippen LogP contribution in [0.3, 0.4) is 0 Å². The first-order valence-corrected chi connectivity index (χ1v) is 9.61. The molecule has 0 amide bonds. The molecule has 0 saturated carbocycles. The quantitative estimate of drug-likeness (QED) is 0.485. The van der Waals surface area contributed by atoms with Gasteiger partial charge in [-0.15, -0.1) is 0 Å². The molecular formula is C25H22N2O2. The summed E-state index contributed by atoms with van der Waals surface area (Å²) in [6, 6.07) is 18.8. The third-order valence-corrected chi connectivity index (χ3v) is 5.18. The van der Waals surface area contributed by atoms with Crippen molar-refractivity contribution in [2.75, 3.05) is 0 Å². The van der Waals surface area contributed by atoms with E-state index in [1.807, 2.05) is 23.6 Å². The number of carbonyl (C=O) groups excluding carboxylic acids is 1. The van der Waals surface area contributed by atoms with Gasteiger partial charge in [0.25, 0.3) is 0 Å². The molecule has 0 aliphatic heterocycles. The van der Waals surface area contributed by atoms with E-state index in [1.165, 1.54) is 11.1 Å². The van der Waals surface area contributed by atoms with Crippen molar-refractivity contribution in [3.8, 4) is 0 Å². The minimum absolute atomic E-state index is 0.166. The number of fused-ring (bicyclic) bond motifs is 1. The van der Waals surface area contributed by atoms with Gasteiger partial charge in [-0.05, 0) is 44.0 Å². The topological polar surface area (TPSA) is 52.0 Å². The molecule has 0 aliphatic rings. The van der Waals surface area contributed by atoms with Gasteiger partial charge in [0.1, 0.15) is 5.65 Å². The fraction of sp³-hybridized carbons (Fsp3) is 0.160. The van der Waals surface area contributed by atoms with Crippen LogP contribution >= 0.6 is 0 Å². The predicted octanol–water partition coefficient (Wildman–Crippen LogP) is 4.60. The van der Waals surface area contributed by atoms with Gasteiger partial charge < -0.3 is 4.57 Å². The molecule has 0 spiro atoms. The summed E-state index contributed by atoms with van der Waals surface area (Å²) in [6.45, 7) is 6.57. The Balaban J connectivity index is 1.92. The Hall–Kier alpha value is -3.53. The number of pyridine rings is 2. The van der Waals surface area contributed by atoms with Crippen molar-refractivity contribution in [1.29, 1.82) is 0 Å². The maximum absolute atomic E-state index is 13.1. The van der Waals surface area contributed by atoms with Crippen LogP contribution in [0.1, 0.15) is 38.3 Å². The Bertz CT molecular complexity index is 1290. The van der Waals surface area contributed by atoms with E-state index in [1.54, 1.807) is 36.5 Å². The third kappa shape index (κ3) is 3.61. The largest absolute Gasteiger partial charge is 0.327 e. The van der Waals surface area contributed by atoms with E-state index in [9.17, 15) is 9.59 Å². The lowest BCUT2D eigenvalue weighted by atomic mass is 10.0. The number of ketones is 1. The molecular weight excluding hydrogens is 360 g/mol. The number of rotatable bonds is 4. The number of carbonyl (C=O) groups is 1. The third-order valence-electron chi connectivity index (χ3n) is 5.18. The fourth-order valence-corrected chi connectivity index (χ4v) is 3.59. The molecule has 29 heavy (non-hydrogen) atoms. The first-order chi connectivity index (χ1) is 13.9. The zero-order chi connectivity index (χ0) is 20.5. The molecule has 0 fully saturated rings. The standard InChI is InChI=1S/C25H22N2O2/c1-16-9-11-20(17(2)13-16)14-27-15-22(23(28)19-7-5-4-6-8-19)24(29)21-12-10-18(3)26-25(21)27/h4-13,15H,14H2,1-3H3. The van der Waals surface area contributed by atoms with Crippen LogP contribution in [0, 0.1) is 20.8 Å². The van der Waals surface area contributed by atoms with Gasteiger partial charge in [0, 0.05) is 24.0 Å². The number of aromatic nitrogens is 2. The highest BCUT2D eigenvalue weighted by molar-refractivity contribution is 6.09. The Morgan fingerprint density at radius 3 is 2.45 bits per heavy atom. The number of hydrogen-bond acceptors (Lipinski definition) is 3. The number of hydrogen-bond donors (Lipinski definition) is 0. The van der Waals surface area contributed by atoms with Gasteiger partial charge in [-0.2, -0.15) is 0 Å². The summed E-state index contributed by atoms with van der Waals surface area (Å²) < 4.78 is 1.91. The van der Waals surface area contributed by atoms with E-state index in [0.717, 1.165) is 11.3 Å². The molecule has 0 bridgehead atoms. The van der Waals surface area contributed by atoms with Crippen molar-refractivity contribution < 1.29 is 4.79 Å². The van der Waals surface area contributed by atoms with E-state index >= 15 is 0 Å². The lowest BCUT2D eigenvalue weighted by Crippen LogP contribution is -2.21. The molecule has 0 radical (unpaired) electrons. The average molecular weight is 382 g/mol. The second kappa shape index (κ2) is 7.47. The molecule has 0 saturated heterocycles. The molecule has 4 heteroatoms. The van der Waals surface area contributed by atoms with Crippen LogP contribution in [0.4, 0.5) is 0 Å². The lowest BCUT2D eigenvalue weighted by Gasteiger charge is -2.15. The summed E-state index contributed by atoms with van der Waals surface area (Å²) in [4.78, 5) is 30.8. The number of benzene rings is 2. The second-order valence-corrected chi connectivity index (χ2v) is 7.45. The van der Waals surface area contributed by atoms with E-state index in [2.05, 4.69) is 37.0 Å². The summed E-state index contributed by atoms with van der Waals surface area (Å²) in [6.07, 6.45) is 1.66. The van der Waals surface area contributed by atoms with E-state index in [0.29, 0.717) is 23.1 Å². The molecule has 4 aromatic rings. The zero-order valence-electron chi connectivity index (χ0n) is 16.8. The summed E-state index contributed by atoms with van der Waals surface area (Å²) >= 11 is 0. The first-order valence-electron chi connectivity index (χ1n) is 9.61. The highest BCUT2D eigenvalue weighted by Gasteiger charge is 2.18. The van der Waals surface area contributed by atoms with Gasteiger partial charge in [0.05, 0.1) is 10.9 Å². The Kier molecular flexibility index (Phi) is 4.85. The number of nitrogens with zero attached hydrogens (tertiary/aromatic N) is 2. The highest BCUT2D eigenvalue weighted by atomic mass is 16.1. The summed E-state index contributed by atoms with van der Waals surface area (Å²) in [5.74, 6) is -0.271. The van der Waals surface area contributed by atoms with Crippen molar-refractivity contribution in [3.63, 3.8) is 0 Å². The first kappa shape index (κ1) is 18.8. The van der Waals surface area contributed by atoms with Gasteiger partial charge in [0.2, 0.25) is 5.43 Å². The lowest BCUT2D eigenvalue weighted by molar-refractivity contribution is 0.103.